The van der Waals surface area contributed by atoms with Gasteiger partial charge in [-0.05, 0) is 36.7 Å². The lowest BCUT2D eigenvalue weighted by Crippen LogP contribution is -1.94. The molecule has 0 aliphatic carbocycles. The zero-order valence-electron chi connectivity index (χ0n) is 9.22. The quantitative estimate of drug-likeness (QED) is 0.790. The molecule has 0 fully saturated rings. The number of carboxylic acids is 1. The Morgan fingerprint density at radius 1 is 1.33 bits per heavy atom. The van der Waals surface area contributed by atoms with Crippen LogP contribution in [0.25, 0.3) is 0 Å². The summed E-state index contributed by atoms with van der Waals surface area (Å²) in [5, 5.41) is 13.0. The van der Waals surface area contributed by atoms with Crippen LogP contribution in [-0.2, 0) is 0 Å². The van der Waals surface area contributed by atoms with Gasteiger partial charge < -0.3 is 10.8 Å². The van der Waals surface area contributed by atoms with Crippen LogP contribution in [-0.4, -0.2) is 20.7 Å². The minimum absolute atomic E-state index is 0.218. The summed E-state index contributed by atoms with van der Waals surface area (Å²) in [5.41, 5.74) is 6.46. The van der Waals surface area contributed by atoms with Crippen LogP contribution >= 0.6 is 34.7 Å². The molecule has 0 unspecified atom stereocenters. The van der Waals surface area contributed by atoms with Crippen LogP contribution in [0, 0.1) is 6.92 Å². The Bertz CT molecular complexity index is 509. The van der Waals surface area contributed by atoms with E-state index >= 15 is 0 Å². The Balaban J connectivity index is 0.000000180. The topological polar surface area (TPSA) is 89.1 Å². The molecule has 18 heavy (non-hydrogen) atoms. The molecule has 0 aliphatic rings. The summed E-state index contributed by atoms with van der Waals surface area (Å²) in [6.07, 6.45) is 0. The number of aryl methyl sites for hydroxylation is 1. The number of aromatic nitrogens is 2. The molecule has 5 nitrogen and oxygen atoms in total. The van der Waals surface area contributed by atoms with Gasteiger partial charge in [-0.2, -0.15) is 0 Å². The summed E-state index contributed by atoms with van der Waals surface area (Å²) in [7, 11) is 0. The van der Waals surface area contributed by atoms with Crippen molar-refractivity contribution in [3.8, 4) is 0 Å². The molecule has 0 aliphatic heterocycles. The van der Waals surface area contributed by atoms with E-state index in [4.69, 9.17) is 34.0 Å². The number of anilines is 1. The third kappa shape index (κ3) is 4.48. The summed E-state index contributed by atoms with van der Waals surface area (Å²) in [6, 6.07) is 4.93. The monoisotopic (exact) mass is 305 g/mol. The standard InChI is InChI=1S/C6H5Cl2N.C4H4N2O2S/c7-4-1-5(8)3-6(9)2-4;1-2-3(4(7)8)9-6-5-2/h1-3H,9H2;1H3,(H,7,8). The molecule has 0 radical (unpaired) electrons. The zero-order valence-corrected chi connectivity index (χ0v) is 11.6. The van der Waals surface area contributed by atoms with E-state index in [0.29, 0.717) is 21.4 Å². The van der Waals surface area contributed by atoms with Gasteiger partial charge in [0.05, 0.1) is 5.69 Å². The summed E-state index contributed by atoms with van der Waals surface area (Å²) in [4.78, 5) is 10.4. The first-order valence-electron chi connectivity index (χ1n) is 4.64. The molecule has 0 amide bonds. The van der Waals surface area contributed by atoms with Gasteiger partial charge in [0.1, 0.15) is 0 Å². The van der Waals surface area contributed by atoms with Crippen LogP contribution in [0.1, 0.15) is 15.4 Å². The molecule has 0 saturated carbocycles. The number of nitrogens with zero attached hydrogens (tertiary/aromatic N) is 2. The van der Waals surface area contributed by atoms with Crippen molar-refractivity contribution in [1.82, 2.24) is 9.59 Å². The molecule has 3 N–H and O–H groups in total. The summed E-state index contributed by atoms with van der Waals surface area (Å²) >= 11 is 12.1. The number of hydrogen-bond acceptors (Lipinski definition) is 5. The van der Waals surface area contributed by atoms with Crippen molar-refractivity contribution in [1.29, 1.82) is 0 Å². The molecule has 1 aromatic carbocycles. The maximum Gasteiger partial charge on any atom is 0.349 e. The molecular formula is C10H9Cl2N3O2S. The first-order valence-corrected chi connectivity index (χ1v) is 6.17. The van der Waals surface area contributed by atoms with Crippen molar-refractivity contribution >= 4 is 46.4 Å². The Kier molecular flexibility index (Phi) is 5.33. The molecule has 0 saturated heterocycles. The van der Waals surface area contributed by atoms with Crippen LogP contribution in [0.5, 0.6) is 0 Å². The lowest BCUT2D eigenvalue weighted by atomic mass is 10.3. The molecular weight excluding hydrogens is 297 g/mol. The van der Waals surface area contributed by atoms with E-state index in [2.05, 4.69) is 9.59 Å². The lowest BCUT2D eigenvalue weighted by molar-refractivity contribution is 0.0701. The Labute approximate surface area is 117 Å². The van der Waals surface area contributed by atoms with E-state index in [9.17, 15) is 4.79 Å². The van der Waals surface area contributed by atoms with Gasteiger partial charge in [0, 0.05) is 15.7 Å². The van der Waals surface area contributed by atoms with Crippen LogP contribution in [0.4, 0.5) is 5.69 Å². The molecule has 1 heterocycles. The third-order valence-corrected chi connectivity index (χ3v) is 2.98. The van der Waals surface area contributed by atoms with Gasteiger partial charge in [-0.3, -0.25) is 0 Å². The van der Waals surface area contributed by atoms with E-state index < -0.39 is 5.97 Å². The number of nitrogens with two attached hydrogens (primary N) is 1. The van der Waals surface area contributed by atoms with E-state index in [0.717, 1.165) is 11.5 Å². The van der Waals surface area contributed by atoms with Crippen molar-refractivity contribution < 1.29 is 9.90 Å². The molecule has 2 rings (SSSR count). The number of aromatic carboxylic acids is 1. The van der Waals surface area contributed by atoms with Gasteiger partial charge in [-0.15, -0.1) is 5.10 Å². The first-order chi connectivity index (χ1) is 8.40. The zero-order chi connectivity index (χ0) is 13.7. The number of hydrogen-bond donors (Lipinski definition) is 2. The highest BCUT2D eigenvalue weighted by atomic mass is 35.5. The number of carboxylic acid groups (broad SMARTS) is 1. The second-order valence-corrected chi connectivity index (χ2v) is 4.82. The van der Waals surface area contributed by atoms with Crippen molar-refractivity contribution in [2.75, 3.05) is 5.73 Å². The van der Waals surface area contributed by atoms with Gasteiger partial charge in [-0.1, -0.05) is 27.7 Å². The predicted molar refractivity (Wildman–Crippen MR) is 72.5 cm³/mol. The van der Waals surface area contributed by atoms with Crippen LogP contribution in [0.3, 0.4) is 0 Å². The van der Waals surface area contributed by atoms with Gasteiger partial charge >= 0.3 is 5.97 Å². The average Bonchev–Trinajstić information content (AvgIpc) is 2.62. The molecule has 0 spiro atoms. The fraction of sp³-hybridized carbons (Fsp3) is 0.100. The van der Waals surface area contributed by atoms with Crippen LogP contribution in [0.2, 0.25) is 10.0 Å². The summed E-state index contributed by atoms with van der Waals surface area (Å²) in [5.74, 6) is -0.956. The Morgan fingerprint density at radius 2 is 1.89 bits per heavy atom. The fourth-order valence-electron chi connectivity index (χ4n) is 1.00. The third-order valence-electron chi connectivity index (χ3n) is 1.73. The van der Waals surface area contributed by atoms with E-state index in [1.54, 1.807) is 25.1 Å². The first kappa shape index (κ1) is 14.7. The Morgan fingerprint density at radius 3 is 2.17 bits per heavy atom. The molecule has 1 aromatic heterocycles. The summed E-state index contributed by atoms with van der Waals surface area (Å²) < 4.78 is 3.45. The van der Waals surface area contributed by atoms with E-state index in [1.807, 2.05) is 0 Å². The highest BCUT2D eigenvalue weighted by molar-refractivity contribution is 7.07. The number of nitrogen functional groups attached to an aromatic ring is 1. The van der Waals surface area contributed by atoms with Gasteiger partial charge in [0.25, 0.3) is 0 Å². The van der Waals surface area contributed by atoms with Gasteiger partial charge in [-0.25, -0.2) is 4.79 Å². The largest absolute Gasteiger partial charge is 0.477 e. The number of rotatable bonds is 1. The minimum Gasteiger partial charge on any atom is -0.477 e. The Hall–Kier alpha value is -1.37. The van der Waals surface area contributed by atoms with Gasteiger partial charge in [0.2, 0.25) is 0 Å². The summed E-state index contributed by atoms with van der Waals surface area (Å²) in [6.45, 7) is 1.62. The van der Waals surface area contributed by atoms with Crippen molar-refractivity contribution in [3.63, 3.8) is 0 Å². The van der Waals surface area contributed by atoms with E-state index in [1.165, 1.54) is 0 Å². The minimum atomic E-state index is -0.956. The van der Waals surface area contributed by atoms with E-state index in [-0.39, 0.29) is 4.88 Å². The number of halogens is 2. The predicted octanol–water partition coefficient (Wildman–Crippen LogP) is 3.12. The second-order valence-electron chi connectivity index (χ2n) is 3.20. The van der Waals surface area contributed by atoms with Gasteiger partial charge in [0.15, 0.2) is 4.88 Å². The van der Waals surface area contributed by atoms with Crippen molar-refractivity contribution in [3.05, 3.63) is 38.8 Å². The number of carbonyl (C=O) groups is 1. The molecule has 96 valence electrons. The molecule has 0 bridgehead atoms. The molecule has 2 aromatic rings. The van der Waals surface area contributed by atoms with Crippen LogP contribution in [0.15, 0.2) is 18.2 Å². The maximum atomic E-state index is 10.2. The average molecular weight is 306 g/mol. The normalized spacial score (nSPS) is 9.50. The fourth-order valence-corrected chi connectivity index (χ4v) is 2.04. The second kappa shape index (κ2) is 6.53. The lowest BCUT2D eigenvalue weighted by Gasteiger charge is -1.93. The molecule has 0 atom stereocenters. The molecule has 8 heteroatoms. The maximum absolute atomic E-state index is 10.2. The highest BCUT2D eigenvalue weighted by Crippen LogP contribution is 2.19. The van der Waals surface area contributed by atoms with Crippen molar-refractivity contribution in [2.45, 2.75) is 6.92 Å². The SMILES string of the molecule is Cc1nnsc1C(=O)O.Nc1cc(Cl)cc(Cl)c1. The number of benzene rings is 1. The van der Waals surface area contributed by atoms with Crippen LogP contribution < -0.4 is 5.73 Å². The van der Waals surface area contributed by atoms with Crippen molar-refractivity contribution in [2.24, 2.45) is 0 Å². The highest BCUT2D eigenvalue weighted by Gasteiger charge is 2.09. The smallest absolute Gasteiger partial charge is 0.349 e.